The van der Waals surface area contributed by atoms with Gasteiger partial charge in [0.05, 0.1) is 0 Å². The molecule has 100 valence electrons. The molecule has 0 nitrogen and oxygen atoms in total. The first-order chi connectivity index (χ1) is 9.94. The van der Waals surface area contributed by atoms with Crippen LogP contribution < -0.4 is 0 Å². The fraction of sp³-hybridized carbons (Fsp3) is 0.647. The highest BCUT2D eigenvalue weighted by atomic mass is 19.1. The zero-order valence-corrected chi connectivity index (χ0v) is 11.2. The summed E-state index contributed by atoms with van der Waals surface area (Å²) in [7, 11) is 0. The minimum Gasteiger partial charge on any atom is -0.207 e. The fourth-order valence-corrected chi connectivity index (χ4v) is 2.62. The average Bonchev–Trinajstić information content (AvgIpc) is 2.40. The molecule has 0 amide bonds. The summed E-state index contributed by atoms with van der Waals surface area (Å²) < 4.78 is 38.1. The number of rotatable bonds is 5. The van der Waals surface area contributed by atoms with E-state index in [2.05, 4.69) is 6.92 Å². The van der Waals surface area contributed by atoms with Gasteiger partial charge < -0.3 is 0 Å². The maximum Gasteiger partial charge on any atom is 0.123 e. The quantitative estimate of drug-likeness (QED) is 0.591. The van der Waals surface area contributed by atoms with Crippen LogP contribution in [0.4, 0.5) is 4.39 Å². The van der Waals surface area contributed by atoms with E-state index in [9.17, 15) is 4.39 Å². The summed E-state index contributed by atoms with van der Waals surface area (Å²) in [5.41, 5.74) is 0.758. The van der Waals surface area contributed by atoms with Crippen LogP contribution in [-0.2, 0) is 0 Å². The molecule has 3 atom stereocenters. The van der Waals surface area contributed by atoms with Crippen molar-refractivity contribution in [1.82, 2.24) is 0 Å². The van der Waals surface area contributed by atoms with Gasteiger partial charge in [0.25, 0.3) is 0 Å². The molecule has 18 heavy (non-hydrogen) atoms. The second kappa shape index (κ2) is 6.92. The molecular weight excluding hydrogens is 223 g/mol. The van der Waals surface area contributed by atoms with E-state index >= 15 is 0 Å². The van der Waals surface area contributed by atoms with Gasteiger partial charge in [0.1, 0.15) is 5.82 Å². The molecular formula is C17H25F. The van der Waals surface area contributed by atoms with Crippen LogP contribution in [0.5, 0.6) is 0 Å². The Morgan fingerprint density at radius 1 is 1.22 bits per heavy atom. The monoisotopic (exact) mass is 251 g/mol. The summed E-state index contributed by atoms with van der Waals surface area (Å²) in [6.45, 7) is 2.16. The summed E-state index contributed by atoms with van der Waals surface area (Å²) in [5, 5.41) is 0. The number of hydrogen-bond donors (Lipinski definition) is 0. The Hall–Kier alpha value is -0.850. The number of hydrogen-bond acceptors (Lipinski definition) is 0. The highest BCUT2D eigenvalue weighted by Gasteiger charge is 2.21. The highest BCUT2D eigenvalue weighted by molar-refractivity contribution is 5.20. The zero-order valence-electron chi connectivity index (χ0n) is 14.2. The van der Waals surface area contributed by atoms with Gasteiger partial charge in [0.2, 0.25) is 0 Å². The lowest BCUT2D eigenvalue weighted by Gasteiger charge is -2.28. The van der Waals surface area contributed by atoms with Crippen LogP contribution in [0.1, 0.15) is 73.8 Å². The molecule has 0 saturated heterocycles. The molecule has 0 heterocycles. The third kappa shape index (κ3) is 3.83. The van der Waals surface area contributed by atoms with Crippen LogP contribution in [0.3, 0.4) is 0 Å². The SMILES string of the molecule is [2H]C1C[C@H](CCCCC)CC([2H])([2H])[C@H]1c1ccc(F)cc1. The summed E-state index contributed by atoms with van der Waals surface area (Å²) in [6, 6.07) is 6.00. The van der Waals surface area contributed by atoms with Gasteiger partial charge >= 0.3 is 0 Å². The first-order valence-corrected chi connectivity index (χ1v) is 7.11. The van der Waals surface area contributed by atoms with E-state index in [0.29, 0.717) is 12.3 Å². The molecule has 0 aromatic heterocycles. The van der Waals surface area contributed by atoms with Crippen molar-refractivity contribution in [1.29, 1.82) is 0 Å². The molecule has 1 heteroatoms. The minimum atomic E-state index is -1.38. The Kier molecular flexibility index (Phi) is 3.84. The van der Waals surface area contributed by atoms with Gasteiger partial charge in [-0.05, 0) is 55.1 Å². The lowest BCUT2D eigenvalue weighted by atomic mass is 9.77. The summed E-state index contributed by atoms with van der Waals surface area (Å²) in [5.74, 6) is -0.444. The smallest absolute Gasteiger partial charge is 0.123 e. The van der Waals surface area contributed by atoms with Crippen molar-refractivity contribution >= 4 is 0 Å². The lowest BCUT2D eigenvalue weighted by Crippen LogP contribution is -2.13. The molecule has 2 rings (SSSR count). The van der Waals surface area contributed by atoms with Gasteiger partial charge in [0, 0.05) is 4.11 Å². The Labute approximate surface area is 115 Å². The predicted octanol–water partition coefficient (Wildman–Crippen LogP) is 5.68. The van der Waals surface area contributed by atoms with Crippen LogP contribution in [0.15, 0.2) is 24.3 Å². The fourth-order valence-electron chi connectivity index (χ4n) is 2.62. The molecule has 1 aromatic carbocycles. The third-order valence-electron chi connectivity index (χ3n) is 3.78. The van der Waals surface area contributed by atoms with Gasteiger partial charge in [-0.3, -0.25) is 0 Å². The van der Waals surface area contributed by atoms with Crippen molar-refractivity contribution < 1.29 is 8.50 Å². The minimum absolute atomic E-state index is 0.311. The van der Waals surface area contributed by atoms with Crippen molar-refractivity contribution in [3.8, 4) is 0 Å². The Morgan fingerprint density at radius 3 is 2.67 bits per heavy atom. The Balaban J connectivity index is 2.08. The van der Waals surface area contributed by atoms with E-state index in [1.54, 1.807) is 12.1 Å². The zero-order chi connectivity index (χ0) is 15.5. The lowest BCUT2D eigenvalue weighted by molar-refractivity contribution is 0.302. The first-order valence-electron chi connectivity index (χ1n) is 8.69. The van der Waals surface area contributed by atoms with E-state index in [4.69, 9.17) is 4.11 Å². The van der Waals surface area contributed by atoms with Crippen LogP contribution in [0, 0.1) is 11.7 Å². The van der Waals surface area contributed by atoms with Crippen LogP contribution in [-0.4, -0.2) is 0 Å². The van der Waals surface area contributed by atoms with E-state index in [1.165, 1.54) is 25.0 Å². The Bertz CT molecular complexity index is 444. The molecule has 1 aliphatic rings. The Morgan fingerprint density at radius 2 is 2.00 bits per heavy atom. The van der Waals surface area contributed by atoms with Crippen LogP contribution in [0.25, 0.3) is 0 Å². The van der Waals surface area contributed by atoms with Gasteiger partial charge in [-0.1, -0.05) is 44.7 Å². The van der Waals surface area contributed by atoms with E-state index in [0.717, 1.165) is 24.8 Å². The molecule has 1 aromatic rings. The normalized spacial score (nSPS) is 33.4. The molecule has 0 spiro atoms. The van der Waals surface area contributed by atoms with Gasteiger partial charge in [-0.15, -0.1) is 0 Å². The predicted molar refractivity (Wildman–Crippen MR) is 75.2 cm³/mol. The van der Waals surface area contributed by atoms with E-state index in [1.807, 2.05) is 0 Å². The first kappa shape index (κ1) is 10.00. The summed E-state index contributed by atoms with van der Waals surface area (Å²) >= 11 is 0. The van der Waals surface area contributed by atoms with Gasteiger partial charge in [-0.25, -0.2) is 4.39 Å². The molecule has 1 aliphatic carbocycles. The second-order valence-electron chi connectivity index (χ2n) is 5.27. The molecule has 0 aliphatic heterocycles. The molecule has 0 N–H and O–H groups in total. The van der Waals surface area contributed by atoms with Crippen molar-refractivity contribution in [2.75, 3.05) is 0 Å². The largest absolute Gasteiger partial charge is 0.207 e. The number of benzene rings is 1. The van der Waals surface area contributed by atoms with Gasteiger partial charge in [0.15, 0.2) is 0 Å². The van der Waals surface area contributed by atoms with Gasteiger partial charge in [-0.2, -0.15) is 0 Å². The van der Waals surface area contributed by atoms with Crippen molar-refractivity contribution in [2.24, 2.45) is 5.92 Å². The molecule has 0 bridgehead atoms. The van der Waals surface area contributed by atoms with Crippen LogP contribution >= 0.6 is 0 Å². The standard InChI is InChI=1S/C17H25F/c1-2-3-4-5-14-6-8-15(9-7-14)16-10-12-17(18)13-11-16/h10-15H,2-9H2,1H3/t14-,15-/i8D,9D2/t8?,14-,15-/m0/s1. The summed E-state index contributed by atoms with van der Waals surface area (Å²) in [4.78, 5) is 0. The number of halogens is 1. The van der Waals surface area contributed by atoms with Crippen LogP contribution in [0.2, 0.25) is 0 Å². The summed E-state index contributed by atoms with van der Waals surface area (Å²) in [6.07, 6.45) is 3.97. The molecule has 1 saturated carbocycles. The van der Waals surface area contributed by atoms with Crippen molar-refractivity contribution in [2.45, 2.75) is 64.1 Å². The second-order valence-corrected chi connectivity index (χ2v) is 5.27. The maximum atomic E-state index is 13.0. The molecule has 1 unspecified atom stereocenters. The molecule has 0 radical (unpaired) electrons. The van der Waals surface area contributed by atoms with Crippen molar-refractivity contribution in [3.63, 3.8) is 0 Å². The van der Waals surface area contributed by atoms with E-state index in [-0.39, 0.29) is 5.82 Å². The van der Waals surface area contributed by atoms with E-state index < -0.39 is 18.7 Å². The third-order valence-corrected chi connectivity index (χ3v) is 3.78. The highest BCUT2D eigenvalue weighted by Crippen LogP contribution is 2.37. The average molecular weight is 251 g/mol. The number of unbranched alkanes of at least 4 members (excludes halogenated alkanes) is 2. The van der Waals surface area contributed by atoms with Crippen molar-refractivity contribution in [3.05, 3.63) is 35.6 Å². The topological polar surface area (TPSA) is 0 Å². The molecule has 1 fully saturated rings. The maximum absolute atomic E-state index is 13.0.